The number of phenolic OH excluding ortho intramolecular Hbond substituents is 1. The molecule has 0 saturated carbocycles. The van der Waals surface area contributed by atoms with Crippen LogP contribution in [0.4, 0.5) is 5.00 Å². The summed E-state index contributed by atoms with van der Waals surface area (Å²) in [7, 11) is 2.07. The maximum atomic E-state index is 12.9. The van der Waals surface area contributed by atoms with Crippen molar-refractivity contribution in [2.24, 2.45) is 0 Å². The molecule has 0 aliphatic carbocycles. The maximum Gasteiger partial charge on any atom is 0.256 e. The topological polar surface area (TPSA) is 73.8 Å². The molecule has 0 saturated heterocycles. The molecule has 3 N–H and O–H groups in total. The third kappa shape index (κ3) is 3.12. The number of phenols is 1. The molecule has 2 aromatic rings. The smallest absolute Gasteiger partial charge is 0.256 e. The van der Waals surface area contributed by atoms with Crippen molar-refractivity contribution in [2.45, 2.75) is 26.1 Å². The molecule has 0 radical (unpaired) electrons. The van der Waals surface area contributed by atoms with Gasteiger partial charge in [0.1, 0.15) is 11.2 Å². The number of amides is 1. The Labute approximate surface area is 171 Å². The van der Waals surface area contributed by atoms with Gasteiger partial charge in [0.15, 0.2) is 11.5 Å². The molecule has 4 rings (SSSR count). The predicted molar refractivity (Wildman–Crippen MR) is 107 cm³/mol. The van der Waals surface area contributed by atoms with Crippen LogP contribution in [0.25, 0.3) is 0 Å². The van der Waals surface area contributed by atoms with E-state index in [0.717, 1.165) is 30.1 Å². The summed E-state index contributed by atoms with van der Waals surface area (Å²) < 4.78 is 5.44. The Morgan fingerprint density at radius 2 is 2.19 bits per heavy atom. The van der Waals surface area contributed by atoms with Gasteiger partial charge in [-0.25, -0.2) is 0 Å². The van der Waals surface area contributed by atoms with E-state index < -0.39 is 6.17 Å². The Morgan fingerprint density at radius 3 is 2.93 bits per heavy atom. The molecule has 1 aromatic heterocycles. The number of nitrogens with zero attached hydrogens (tertiary/aromatic N) is 1. The van der Waals surface area contributed by atoms with Crippen LogP contribution in [0.5, 0.6) is 11.5 Å². The standard InChI is InChI=1S/C18H19Cl2N3O3S/c1-3-26-10-6-9(19)14(20)13(15(10)24)16-21-17(25)12-8-4-5-23(2)7-11(8)27-18(12)22-16/h6,16,22,24H,3-5,7H2,1-2H3,(H,21,25)/t16-/m0/s1. The fourth-order valence-electron chi connectivity index (χ4n) is 3.53. The van der Waals surface area contributed by atoms with E-state index in [9.17, 15) is 9.90 Å². The number of ether oxygens (including phenoxy) is 1. The molecule has 144 valence electrons. The van der Waals surface area contributed by atoms with Crippen molar-refractivity contribution < 1.29 is 14.6 Å². The van der Waals surface area contributed by atoms with Gasteiger partial charge in [-0.15, -0.1) is 11.3 Å². The van der Waals surface area contributed by atoms with Crippen LogP contribution in [0.15, 0.2) is 6.07 Å². The van der Waals surface area contributed by atoms with E-state index in [1.807, 2.05) is 6.92 Å². The molecule has 3 heterocycles. The average molecular weight is 428 g/mol. The monoisotopic (exact) mass is 427 g/mol. The number of nitrogens with one attached hydrogen (secondary N) is 2. The summed E-state index contributed by atoms with van der Waals surface area (Å²) in [6, 6.07) is 1.47. The van der Waals surface area contributed by atoms with Gasteiger partial charge in [0.25, 0.3) is 5.91 Å². The highest BCUT2D eigenvalue weighted by atomic mass is 35.5. The molecule has 0 unspecified atom stereocenters. The lowest BCUT2D eigenvalue weighted by Crippen LogP contribution is -2.39. The highest BCUT2D eigenvalue weighted by Gasteiger charge is 2.35. The molecule has 2 aliphatic rings. The van der Waals surface area contributed by atoms with Crippen LogP contribution in [0, 0.1) is 0 Å². The van der Waals surface area contributed by atoms with Gasteiger partial charge in [0.2, 0.25) is 0 Å². The van der Waals surface area contributed by atoms with Crippen molar-refractivity contribution in [3.8, 4) is 11.5 Å². The molecular formula is C18H19Cl2N3O3S. The van der Waals surface area contributed by atoms with Gasteiger partial charge >= 0.3 is 0 Å². The van der Waals surface area contributed by atoms with E-state index in [1.54, 1.807) is 11.3 Å². The third-order valence-electron chi connectivity index (χ3n) is 4.81. The number of rotatable bonds is 3. The number of hydrogen-bond donors (Lipinski definition) is 3. The first-order chi connectivity index (χ1) is 12.9. The summed E-state index contributed by atoms with van der Waals surface area (Å²) in [5.74, 6) is -0.0754. The van der Waals surface area contributed by atoms with Crippen molar-refractivity contribution in [1.82, 2.24) is 10.2 Å². The number of carbonyl (C=O) groups is 1. The normalized spacial score (nSPS) is 19.1. The minimum atomic E-state index is -0.701. The molecule has 1 atom stereocenters. The first-order valence-corrected chi connectivity index (χ1v) is 10.2. The Morgan fingerprint density at radius 1 is 1.41 bits per heavy atom. The van der Waals surface area contributed by atoms with Gasteiger partial charge in [0, 0.05) is 24.0 Å². The summed E-state index contributed by atoms with van der Waals surface area (Å²) in [6.45, 7) is 3.92. The SMILES string of the molecule is CCOc1cc(Cl)c(Cl)c([C@H]2NC(=O)c3c(sc4c3CCN(C)C4)N2)c1O. The van der Waals surface area contributed by atoms with E-state index in [0.29, 0.717) is 17.7 Å². The largest absolute Gasteiger partial charge is 0.504 e. The number of halogens is 2. The van der Waals surface area contributed by atoms with E-state index in [1.165, 1.54) is 10.9 Å². The first-order valence-electron chi connectivity index (χ1n) is 8.64. The van der Waals surface area contributed by atoms with Gasteiger partial charge < -0.3 is 25.4 Å². The van der Waals surface area contributed by atoms with Crippen LogP contribution in [-0.4, -0.2) is 36.1 Å². The molecule has 0 spiro atoms. The van der Waals surface area contributed by atoms with Crippen LogP contribution in [0.1, 0.15) is 39.5 Å². The molecule has 1 aromatic carbocycles. The maximum absolute atomic E-state index is 12.9. The second-order valence-electron chi connectivity index (χ2n) is 6.61. The van der Waals surface area contributed by atoms with Gasteiger partial charge in [0.05, 0.1) is 27.8 Å². The van der Waals surface area contributed by atoms with Crippen molar-refractivity contribution in [3.63, 3.8) is 0 Å². The van der Waals surface area contributed by atoms with Gasteiger partial charge in [-0.2, -0.15) is 0 Å². The number of carbonyl (C=O) groups excluding carboxylic acids is 1. The lowest BCUT2D eigenvalue weighted by Gasteiger charge is -2.29. The number of likely N-dealkylation sites (N-methyl/N-ethyl adjacent to an activating group) is 1. The summed E-state index contributed by atoms with van der Waals surface area (Å²) >= 11 is 14.1. The third-order valence-corrected chi connectivity index (χ3v) is 6.76. The Balaban J connectivity index is 1.76. The zero-order valence-electron chi connectivity index (χ0n) is 14.9. The van der Waals surface area contributed by atoms with Crippen LogP contribution < -0.4 is 15.4 Å². The zero-order chi connectivity index (χ0) is 19.3. The van der Waals surface area contributed by atoms with Crippen LogP contribution in [-0.2, 0) is 13.0 Å². The summed E-state index contributed by atoms with van der Waals surface area (Å²) in [6.07, 6.45) is 0.142. The Hall–Kier alpha value is -1.67. The van der Waals surface area contributed by atoms with E-state index >= 15 is 0 Å². The van der Waals surface area contributed by atoms with Gasteiger partial charge in [-0.3, -0.25) is 4.79 Å². The quantitative estimate of drug-likeness (QED) is 0.689. The fraction of sp³-hybridized carbons (Fsp3) is 0.389. The number of aromatic hydroxyl groups is 1. The van der Waals surface area contributed by atoms with Crippen LogP contribution in [0.2, 0.25) is 10.0 Å². The van der Waals surface area contributed by atoms with E-state index in [2.05, 4.69) is 22.6 Å². The van der Waals surface area contributed by atoms with E-state index in [4.69, 9.17) is 27.9 Å². The van der Waals surface area contributed by atoms with E-state index in [-0.39, 0.29) is 27.5 Å². The first kappa shape index (κ1) is 18.7. The molecule has 2 aliphatic heterocycles. The minimum Gasteiger partial charge on any atom is -0.504 e. The lowest BCUT2D eigenvalue weighted by atomic mass is 10.0. The number of anilines is 1. The summed E-state index contributed by atoms with van der Waals surface area (Å²) in [4.78, 5) is 16.3. The molecule has 0 bridgehead atoms. The highest BCUT2D eigenvalue weighted by Crippen LogP contribution is 2.46. The average Bonchev–Trinajstić information content (AvgIpc) is 2.97. The summed E-state index contributed by atoms with van der Waals surface area (Å²) in [5, 5.41) is 18.1. The molecule has 9 heteroatoms. The second-order valence-corrected chi connectivity index (χ2v) is 8.50. The van der Waals surface area contributed by atoms with Gasteiger partial charge in [-0.1, -0.05) is 23.2 Å². The van der Waals surface area contributed by atoms with Crippen molar-refractivity contribution in [2.75, 3.05) is 25.5 Å². The summed E-state index contributed by atoms with van der Waals surface area (Å²) in [5.41, 5.74) is 2.10. The highest BCUT2D eigenvalue weighted by molar-refractivity contribution is 7.16. The Bertz CT molecular complexity index is 931. The zero-order valence-corrected chi connectivity index (χ0v) is 17.2. The number of benzene rings is 1. The fourth-order valence-corrected chi connectivity index (χ4v) is 5.34. The van der Waals surface area contributed by atoms with Crippen LogP contribution >= 0.6 is 34.5 Å². The predicted octanol–water partition coefficient (Wildman–Crippen LogP) is 4.00. The number of hydrogen-bond acceptors (Lipinski definition) is 6. The molecule has 6 nitrogen and oxygen atoms in total. The lowest BCUT2D eigenvalue weighted by molar-refractivity contribution is 0.0934. The molecular weight excluding hydrogens is 409 g/mol. The molecule has 27 heavy (non-hydrogen) atoms. The minimum absolute atomic E-state index is 0.131. The van der Waals surface area contributed by atoms with Crippen molar-refractivity contribution in [3.05, 3.63) is 37.7 Å². The molecule has 0 fully saturated rings. The van der Waals surface area contributed by atoms with Crippen LogP contribution in [0.3, 0.4) is 0 Å². The number of fused-ring (bicyclic) bond motifs is 3. The van der Waals surface area contributed by atoms with Gasteiger partial charge in [-0.05, 0) is 26.0 Å². The van der Waals surface area contributed by atoms with Crippen molar-refractivity contribution >= 4 is 45.4 Å². The second kappa shape index (κ2) is 7.05. The number of thiophene rings is 1. The van der Waals surface area contributed by atoms with Crippen molar-refractivity contribution in [1.29, 1.82) is 0 Å². The Kier molecular flexibility index (Phi) is 4.88. The molecule has 1 amide bonds.